The van der Waals surface area contributed by atoms with Gasteiger partial charge in [-0.05, 0) is 49.7 Å². The lowest BCUT2D eigenvalue weighted by Crippen LogP contribution is -2.03. The lowest BCUT2D eigenvalue weighted by molar-refractivity contribution is 0.626. The number of aromatic nitrogens is 2. The topological polar surface area (TPSA) is 17.8 Å². The second kappa shape index (κ2) is 5.32. The van der Waals surface area contributed by atoms with Gasteiger partial charge in [0.25, 0.3) is 0 Å². The molecule has 1 aromatic heterocycles. The zero-order chi connectivity index (χ0) is 15.1. The van der Waals surface area contributed by atoms with E-state index in [1.54, 1.807) is 0 Å². The van der Waals surface area contributed by atoms with Crippen LogP contribution in [0.2, 0.25) is 5.02 Å². The smallest absolute Gasteiger partial charge is 0.132 e. The number of hydrogen-bond acceptors (Lipinski definition) is 1. The number of aryl methyl sites for hydroxylation is 1. The van der Waals surface area contributed by atoms with E-state index in [1.165, 1.54) is 18.2 Å². The summed E-state index contributed by atoms with van der Waals surface area (Å²) in [7, 11) is 0. The summed E-state index contributed by atoms with van der Waals surface area (Å²) in [5, 5.41) is 0.131. The first-order valence-corrected chi connectivity index (χ1v) is 7.37. The molecule has 0 fully saturated rings. The first-order chi connectivity index (χ1) is 9.97. The highest BCUT2D eigenvalue weighted by Gasteiger charge is 2.18. The molecule has 0 radical (unpaired) electrons. The van der Waals surface area contributed by atoms with Crippen molar-refractivity contribution >= 4 is 34.2 Å². The van der Waals surface area contributed by atoms with Crippen molar-refractivity contribution in [1.29, 1.82) is 0 Å². The summed E-state index contributed by atoms with van der Waals surface area (Å²) in [6.07, 6.45) is 0. The number of rotatable bonds is 2. The molecule has 2 nitrogen and oxygen atoms in total. The average molecular weight is 323 g/mol. The zero-order valence-corrected chi connectivity index (χ0v) is 13.1. The third-order valence-electron chi connectivity index (χ3n) is 3.34. The molecular weight excluding hydrogens is 310 g/mol. The van der Waals surface area contributed by atoms with Gasteiger partial charge in [-0.25, -0.2) is 9.37 Å². The highest BCUT2D eigenvalue weighted by atomic mass is 35.5. The number of alkyl halides is 1. The summed E-state index contributed by atoms with van der Waals surface area (Å²) in [4.78, 5) is 4.57. The number of benzene rings is 2. The highest BCUT2D eigenvalue weighted by molar-refractivity contribution is 6.32. The van der Waals surface area contributed by atoms with Crippen molar-refractivity contribution < 1.29 is 4.39 Å². The molecule has 1 unspecified atom stereocenters. The quantitative estimate of drug-likeness (QED) is 0.575. The Kier molecular flexibility index (Phi) is 3.64. The Hall–Kier alpha value is -1.58. The monoisotopic (exact) mass is 322 g/mol. The Labute approximate surface area is 132 Å². The van der Waals surface area contributed by atoms with E-state index in [2.05, 4.69) is 4.98 Å². The van der Waals surface area contributed by atoms with E-state index in [9.17, 15) is 4.39 Å². The van der Waals surface area contributed by atoms with Crippen molar-refractivity contribution in [1.82, 2.24) is 9.55 Å². The van der Waals surface area contributed by atoms with Crippen LogP contribution in [0.1, 0.15) is 23.7 Å². The van der Waals surface area contributed by atoms with Crippen molar-refractivity contribution in [3.63, 3.8) is 0 Å². The average Bonchev–Trinajstić information content (AvgIpc) is 2.80. The van der Waals surface area contributed by atoms with Crippen molar-refractivity contribution in [3.8, 4) is 5.69 Å². The number of imidazole rings is 1. The van der Waals surface area contributed by atoms with E-state index >= 15 is 0 Å². The molecule has 0 aliphatic rings. The predicted octanol–water partition coefficient (Wildman–Crippen LogP) is 5.43. The van der Waals surface area contributed by atoms with Crippen molar-refractivity contribution in [2.45, 2.75) is 19.2 Å². The van der Waals surface area contributed by atoms with Crippen LogP contribution in [0.4, 0.5) is 4.39 Å². The fourth-order valence-electron chi connectivity index (χ4n) is 2.39. The van der Waals surface area contributed by atoms with Crippen LogP contribution in [-0.4, -0.2) is 9.55 Å². The molecule has 2 aromatic carbocycles. The van der Waals surface area contributed by atoms with Gasteiger partial charge >= 0.3 is 0 Å². The lowest BCUT2D eigenvalue weighted by atomic mass is 10.2. The van der Waals surface area contributed by atoms with Crippen LogP contribution in [0.15, 0.2) is 36.4 Å². The van der Waals surface area contributed by atoms with E-state index in [0.29, 0.717) is 16.5 Å². The van der Waals surface area contributed by atoms with Gasteiger partial charge in [-0.1, -0.05) is 17.7 Å². The zero-order valence-electron chi connectivity index (χ0n) is 11.6. The molecule has 1 heterocycles. The van der Waals surface area contributed by atoms with Gasteiger partial charge in [-0.15, -0.1) is 11.6 Å². The van der Waals surface area contributed by atoms with E-state index in [4.69, 9.17) is 23.2 Å². The van der Waals surface area contributed by atoms with Gasteiger partial charge in [-0.2, -0.15) is 0 Å². The molecule has 5 heteroatoms. The fourth-order valence-corrected chi connectivity index (χ4v) is 2.73. The Morgan fingerprint density at radius 1 is 1.19 bits per heavy atom. The molecule has 0 spiro atoms. The number of nitrogens with zero attached hydrogens (tertiary/aromatic N) is 2. The molecule has 0 N–H and O–H groups in total. The van der Waals surface area contributed by atoms with Crippen molar-refractivity contribution in [2.24, 2.45) is 0 Å². The van der Waals surface area contributed by atoms with Crippen molar-refractivity contribution in [3.05, 3.63) is 58.6 Å². The molecule has 0 aliphatic heterocycles. The van der Waals surface area contributed by atoms with Crippen LogP contribution in [0, 0.1) is 12.7 Å². The molecule has 0 saturated heterocycles. The molecule has 108 valence electrons. The van der Waals surface area contributed by atoms with Gasteiger partial charge in [0.05, 0.1) is 27.1 Å². The van der Waals surface area contributed by atoms with Gasteiger partial charge in [-0.3, -0.25) is 4.57 Å². The summed E-state index contributed by atoms with van der Waals surface area (Å²) < 4.78 is 15.4. The maximum absolute atomic E-state index is 13.6. The standard InChI is InChI=1S/C16H13Cl2FN2/c1-9-3-6-14-13(7-9)20-16(10(2)17)21(14)15-8-11(19)4-5-12(15)18/h3-8,10H,1-2H3. The molecule has 0 aliphatic carbocycles. The second-order valence-corrected chi connectivity index (χ2v) is 6.07. The van der Waals surface area contributed by atoms with E-state index in [-0.39, 0.29) is 11.2 Å². The molecular formula is C16H13Cl2FN2. The highest BCUT2D eigenvalue weighted by Crippen LogP contribution is 2.32. The Bertz CT molecular complexity index is 825. The third-order valence-corrected chi connectivity index (χ3v) is 3.86. The molecule has 0 saturated carbocycles. The van der Waals surface area contributed by atoms with Gasteiger partial charge < -0.3 is 0 Å². The van der Waals surface area contributed by atoms with Crippen LogP contribution in [0.3, 0.4) is 0 Å². The minimum atomic E-state index is -0.350. The molecule has 0 amide bonds. The minimum Gasteiger partial charge on any atom is -0.293 e. The fraction of sp³-hybridized carbons (Fsp3) is 0.188. The normalized spacial score (nSPS) is 12.8. The lowest BCUT2D eigenvalue weighted by Gasteiger charge is -2.12. The summed E-state index contributed by atoms with van der Waals surface area (Å²) in [5.41, 5.74) is 3.32. The largest absolute Gasteiger partial charge is 0.293 e. The van der Waals surface area contributed by atoms with Crippen LogP contribution in [0.25, 0.3) is 16.7 Å². The van der Waals surface area contributed by atoms with Crippen LogP contribution < -0.4 is 0 Å². The van der Waals surface area contributed by atoms with Crippen LogP contribution in [-0.2, 0) is 0 Å². The SMILES string of the molecule is Cc1ccc2c(c1)nc(C(C)Cl)n2-c1cc(F)ccc1Cl. The Balaban J connectivity index is 2.39. The molecule has 0 bridgehead atoms. The first-order valence-electron chi connectivity index (χ1n) is 6.56. The molecule has 3 aromatic rings. The Morgan fingerprint density at radius 2 is 1.95 bits per heavy atom. The van der Waals surface area contributed by atoms with Gasteiger partial charge in [0, 0.05) is 0 Å². The summed E-state index contributed by atoms with van der Waals surface area (Å²) >= 11 is 12.5. The molecule has 3 rings (SSSR count). The third kappa shape index (κ3) is 2.52. The second-order valence-electron chi connectivity index (χ2n) is 5.01. The van der Waals surface area contributed by atoms with Crippen LogP contribution in [0.5, 0.6) is 0 Å². The van der Waals surface area contributed by atoms with Gasteiger partial charge in [0.15, 0.2) is 0 Å². The number of halogens is 3. The van der Waals surface area contributed by atoms with Gasteiger partial charge in [0.1, 0.15) is 11.6 Å². The number of fused-ring (bicyclic) bond motifs is 1. The Morgan fingerprint density at radius 3 is 2.67 bits per heavy atom. The summed E-state index contributed by atoms with van der Waals surface area (Å²) in [6, 6.07) is 10.2. The predicted molar refractivity (Wildman–Crippen MR) is 85.0 cm³/mol. The van der Waals surface area contributed by atoms with E-state index in [0.717, 1.165) is 16.6 Å². The molecule has 1 atom stereocenters. The summed E-state index contributed by atoms with van der Waals surface area (Å²) in [6.45, 7) is 3.83. The maximum Gasteiger partial charge on any atom is 0.132 e. The van der Waals surface area contributed by atoms with E-state index in [1.807, 2.05) is 36.6 Å². The maximum atomic E-state index is 13.6. The number of hydrogen-bond donors (Lipinski definition) is 0. The summed E-state index contributed by atoms with van der Waals surface area (Å²) in [5.74, 6) is 0.293. The first kappa shape index (κ1) is 14.4. The minimum absolute atomic E-state index is 0.322. The van der Waals surface area contributed by atoms with Crippen molar-refractivity contribution in [2.75, 3.05) is 0 Å². The molecule has 21 heavy (non-hydrogen) atoms. The van der Waals surface area contributed by atoms with Gasteiger partial charge in [0.2, 0.25) is 0 Å². The van der Waals surface area contributed by atoms with E-state index < -0.39 is 0 Å². The van der Waals surface area contributed by atoms with Crippen LogP contribution >= 0.6 is 23.2 Å².